The van der Waals surface area contributed by atoms with E-state index < -0.39 is 17.8 Å². The quantitative estimate of drug-likeness (QED) is 0.832. The maximum atomic E-state index is 12.4. The first kappa shape index (κ1) is 11.0. The van der Waals surface area contributed by atoms with Crippen LogP contribution in [0.3, 0.4) is 0 Å². The van der Waals surface area contributed by atoms with E-state index in [4.69, 9.17) is 11.0 Å². The van der Waals surface area contributed by atoms with Crippen molar-refractivity contribution in [1.82, 2.24) is 0 Å². The molecule has 0 aromatic carbocycles. The molecule has 1 atom stereocenters. The molecular weight excluding hydrogens is 213 g/mol. The van der Waals surface area contributed by atoms with Crippen molar-refractivity contribution in [3.05, 3.63) is 21.9 Å². The molecule has 1 heterocycles. The Morgan fingerprint density at radius 1 is 1.50 bits per heavy atom. The highest BCUT2D eigenvalue weighted by atomic mass is 32.1. The van der Waals surface area contributed by atoms with Gasteiger partial charge >= 0.3 is 6.18 Å². The van der Waals surface area contributed by atoms with Crippen LogP contribution in [0.2, 0.25) is 0 Å². The van der Waals surface area contributed by atoms with Crippen molar-refractivity contribution in [3.63, 3.8) is 0 Å². The fourth-order valence-electron chi connectivity index (χ4n) is 1.03. The zero-order valence-corrected chi connectivity index (χ0v) is 7.82. The molecule has 1 aromatic rings. The van der Waals surface area contributed by atoms with Crippen LogP contribution < -0.4 is 5.73 Å². The smallest absolute Gasteiger partial charge is 0.323 e. The third-order valence-electron chi connectivity index (χ3n) is 1.71. The van der Waals surface area contributed by atoms with Crippen LogP contribution in [-0.2, 0) is 6.18 Å². The van der Waals surface area contributed by atoms with E-state index in [9.17, 15) is 13.2 Å². The molecule has 0 amide bonds. The molecule has 0 saturated heterocycles. The molecular formula is C8H7F3N2S. The van der Waals surface area contributed by atoms with Crippen molar-refractivity contribution < 1.29 is 13.2 Å². The molecule has 0 spiro atoms. The van der Waals surface area contributed by atoms with Gasteiger partial charge in [0.1, 0.15) is 0 Å². The van der Waals surface area contributed by atoms with Crippen molar-refractivity contribution in [2.75, 3.05) is 0 Å². The second kappa shape index (κ2) is 3.98. The van der Waals surface area contributed by atoms with Crippen LogP contribution in [0.15, 0.2) is 10.8 Å². The first-order valence-electron chi connectivity index (χ1n) is 3.72. The van der Waals surface area contributed by atoms with E-state index in [1.807, 2.05) is 0 Å². The van der Waals surface area contributed by atoms with Gasteiger partial charge in [-0.05, 0) is 10.9 Å². The topological polar surface area (TPSA) is 49.8 Å². The summed E-state index contributed by atoms with van der Waals surface area (Å²) in [4.78, 5) is 0. The summed E-state index contributed by atoms with van der Waals surface area (Å²) in [7, 11) is 0. The Bertz CT molecular complexity index is 350. The number of thiophene rings is 1. The van der Waals surface area contributed by atoms with E-state index in [0.29, 0.717) is 0 Å². The molecule has 76 valence electrons. The normalized spacial score (nSPS) is 13.6. The van der Waals surface area contributed by atoms with Crippen LogP contribution >= 0.6 is 11.3 Å². The minimum Gasteiger partial charge on any atom is -0.323 e. The van der Waals surface area contributed by atoms with Crippen LogP contribution in [0.25, 0.3) is 0 Å². The van der Waals surface area contributed by atoms with Gasteiger partial charge in [-0.25, -0.2) is 0 Å². The Morgan fingerprint density at radius 3 is 2.64 bits per heavy atom. The summed E-state index contributed by atoms with van der Waals surface area (Å²) < 4.78 is 37.1. The number of alkyl halides is 3. The first-order valence-corrected chi connectivity index (χ1v) is 4.67. The average molecular weight is 220 g/mol. The molecule has 0 unspecified atom stereocenters. The van der Waals surface area contributed by atoms with Crippen molar-refractivity contribution in [2.24, 2.45) is 5.73 Å². The van der Waals surface area contributed by atoms with Crippen LogP contribution in [0.1, 0.15) is 23.6 Å². The van der Waals surface area contributed by atoms with Gasteiger partial charge in [0, 0.05) is 11.4 Å². The Balaban J connectivity index is 3.00. The van der Waals surface area contributed by atoms with Crippen LogP contribution in [0, 0.1) is 11.3 Å². The largest absolute Gasteiger partial charge is 0.417 e. The SMILES string of the molecule is N#CC[C@H](N)c1cscc1C(F)(F)F. The maximum Gasteiger partial charge on any atom is 0.417 e. The Labute approximate surface area is 82.8 Å². The predicted octanol–water partition coefficient (Wildman–Crippen LogP) is 2.68. The molecule has 2 nitrogen and oxygen atoms in total. The van der Waals surface area contributed by atoms with Gasteiger partial charge in [0.25, 0.3) is 0 Å². The lowest BCUT2D eigenvalue weighted by Gasteiger charge is -2.11. The summed E-state index contributed by atoms with van der Waals surface area (Å²) in [5.74, 6) is 0. The van der Waals surface area contributed by atoms with Gasteiger partial charge < -0.3 is 5.73 Å². The summed E-state index contributed by atoms with van der Waals surface area (Å²) in [6.07, 6.45) is -4.50. The molecule has 0 aliphatic carbocycles. The number of hydrogen-bond donors (Lipinski definition) is 1. The highest BCUT2D eigenvalue weighted by Crippen LogP contribution is 2.36. The molecule has 1 rings (SSSR count). The zero-order valence-electron chi connectivity index (χ0n) is 7.01. The minimum atomic E-state index is -4.39. The Morgan fingerprint density at radius 2 is 2.14 bits per heavy atom. The predicted molar refractivity (Wildman–Crippen MR) is 46.5 cm³/mol. The van der Waals surface area contributed by atoms with Crippen molar-refractivity contribution in [2.45, 2.75) is 18.6 Å². The van der Waals surface area contributed by atoms with E-state index >= 15 is 0 Å². The number of halogens is 3. The van der Waals surface area contributed by atoms with Crippen LogP contribution in [-0.4, -0.2) is 0 Å². The monoisotopic (exact) mass is 220 g/mol. The molecule has 0 aliphatic rings. The second-order valence-corrected chi connectivity index (χ2v) is 3.45. The highest BCUT2D eigenvalue weighted by Gasteiger charge is 2.35. The van der Waals surface area contributed by atoms with Gasteiger partial charge in [0.15, 0.2) is 0 Å². The van der Waals surface area contributed by atoms with Gasteiger partial charge in [0.05, 0.1) is 18.1 Å². The van der Waals surface area contributed by atoms with Gasteiger partial charge in [-0.15, -0.1) is 0 Å². The average Bonchev–Trinajstić information content (AvgIpc) is 2.50. The molecule has 1 aromatic heterocycles. The third-order valence-corrected chi connectivity index (χ3v) is 2.47. The van der Waals surface area contributed by atoms with Crippen molar-refractivity contribution in [1.29, 1.82) is 5.26 Å². The van der Waals surface area contributed by atoms with Crippen LogP contribution in [0.4, 0.5) is 13.2 Å². The maximum absolute atomic E-state index is 12.4. The lowest BCUT2D eigenvalue weighted by atomic mass is 10.0. The first-order chi connectivity index (χ1) is 6.46. The number of nitrogens with zero attached hydrogens (tertiary/aromatic N) is 1. The van der Waals surface area contributed by atoms with Gasteiger partial charge in [0.2, 0.25) is 0 Å². The van der Waals surface area contributed by atoms with E-state index in [0.717, 1.165) is 16.7 Å². The molecule has 14 heavy (non-hydrogen) atoms. The van der Waals surface area contributed by atoms with E-state index in [1.54, 1.807) is 6.07 Å². The summed E-state index contributed by atoms with van der Waals surface area (Å²) >= 11 is 0.938. The Kier molecular flexibility index (Phi) is 3.13. The molecule has 0 radical (unpaired) electrons. The zero-order chi connectivity index (χ0) is 10.8. The number of hydrogen-bond acceptors (Lipinski definition) is 3. The van der Waals surface area contributed by atoms with E-state index in [1.165, 1.54) is 5.38 Å². The highest BCUT2D eigenvalue weighted by molar-refractivity contribution is 7.08. The van der Waals surface area contributed by atoms with Gasteiger partial charge in [-0.3, -0.25) is 0 Å². The molecule has 0 saturated carbocycles. The van der Waals surface area contributed by atoms with Crippen molar-refractivity contribution >= 4 is 11.3 Å². The van der Waals surface area contributed by atoms with Crippen molar-refractivity contribution in [3.8, 4) is 6.07 Å². The third kappa shape index (κ3) is 2.25. The fraction of sp³-hybridized carbons (Fsp3) is 0.375. The summed E-state index contributed by atoms with van der Waals surface area (Å²) in [6.45, 7) is 0. The van der Waals surface area contributed by atoms with E-state index in [-0.39, 0.29) is 12.0 Å². The molecule has 0 fully saturated rings. The molecule has 2 N–H and O–H groups in total. The van der Waals surface area contributed by atoms with Gasteiger partial charge in [-0.1, -0.05) is 0 Å². The minimum absolute atomic E-state index is 0.00375. The number of rotatable bonds is 2. The lowest BCUT2D eigenvalue weighted by Crippen LogP contribution is -2.15. The lowest BCUT2D eigenvalue weighted by molar-refractivity contribution is -0.138. The Hall–Kier alpha value is -1.06. The number of nitriles is 1. The number of nitrogens with two attached hydrogens (primary N) is 1. The fourth-order valence-corrected chi connectivity index (χ4v) is 1.96. The standard InChI is InChI=1S/C8H7F3N2S/c9-8(10,11)6-4-14-3-5(6)7(13)1-2-12/h3-4,7H,1,13H2/t7-/m0/s1. The molecule has 0 bridgehead atoms. The van der Waals surface area contributed by atoms with E-state index in [2.05, 4.69) is 0 Å². The van der Waals surface area contributed by atoms with Crippen LogP contribution in [0.5, 0.6) is 0 Å². The summed E-state index contributed by atoms with van der Waals surface area (Å²) in [6, 6.07) is 0.888. The summed E-state index contributed by atoms with van der Waals surface area (Å²) in [5.41, 5.74) is 4.70. The summed E-state index contributed by atoms with van der Waals surface area (Å²) in [5, 5.41) is 10.7. The van der Waals surface area contributed by atoms with Gasteiger partial charge in [-0.2, -0.15) is 29.8 Å². The molecule has 6 heteroatoms. The second-order valence-electron chi connectivity index (χ2n) is 2.71. The molecule has 0 aliphatic heterocycles.